The van der Waals surface area contributed by atoms with E-state index in [1.807, 2.05) is 61.7 Å². The SMILES string of the molecule is CCOc1ccc(/C=C/c2cncc(C#N)c2Nc2ccc3[nH]ccc3c2C)cc1. The smallest absolute Gasteiger partial charge is 0.119 e. The van der Waals surface area contributed by atoms with Gasteiger partial charge in [0.2, 0.25) is 0 Å². The first kappa shape index (κ1) is 19.3. The first-order chi connectivity index (χ1) is 14.7. The predicted molar refractivity (Wildman–Crippen MR) is 122 cm³/mol. The number of rotatable bonds is 6. The quantitative estimate of drug-likeness (QED) is 0.417. The molecular formula is C25H22N4O. The largest absolute Gasteiger partial charge is 0.494 e. The monoisotopic (exact) mass is 394 g/mol. The summed E-state index contributed by atoms with van der Waals surface area (Å²) >= 11 is 0. The summed E-state index contributed by atoms with van der Waals surface area (Å²) in [6.07, 6.45) is 9.25. The first-order valence-corrected chi connectivity index (χ1v) is 9.82. The van der Waals surface area contributed by atoms with Gasteiger partial charge in [0, 0.05) is 40.7 Å². The molecule has 0 saturated carbocycles. The third kappa shape index (κ3) is 3.89. The third-order valence-electron chi connectivity index (χ3n) is 5.01. The van der Waals surface area contributed by atoms with E-state index in [2.05, 4.69) is 34.3 Å². The molecule has 0 bridgehead atoms. The Bertz CT molecular complexity index is 1250. The summed E-state index contributed by atoms with van der Waals surface area (Å²) in [6, 6.07) is 16.3. The van der Waals surface area contributed by atoms with Crippen molar-refractivity contribution in [3.63, 3.8) is 0 Å². The van der Waals surface area contributed by atoms with Crippen molar-refractivity contribution in [2.24, 2.45) is 0 Å². The van der Waals surface area contributed by atoms with Gasteiger partial charge in [-0.2, -0.15) is 5.26 Å². The maximum Gasteiger partial charge on any atom is 0.119 e. The molecular weight excluding hydrogens is 372 g/mol. The number of aryl methyl sites for hydroxylation is 1. The standard InChI is InChI=1S/C25H22N4O/c1-3-30-21-8-5-18(6-9-21)4-7-19-15-27-16-20(14-26)25(19)29-23-10-11-24-22(17(23)2)12-13-28-24/h4-13,15-16,28H,3H2,1-2H3,(H,27,29)/b7-4+. The molecule has 0 unspecified atom stereocenters. The number of hydrogen-bond acceptors (Lipinski definition) is 4. The van der Waals surface area contributed by atoms with E-state index in [1.54, 1.807) is 12.4 Å². The number of pyridine rings is 1. The lowest BCUT2D eigenvalue weighted by atomic mass is 10.1. The van der Waals surface area contributed by atoms with Crippen molar-refractivity contribution in [2.75, 3.05) is 11.9 Å². The molecule has 4 aromatic rings. The summed E-state index contributed by atoms with van der Waals surface area (Å²) in [5, 5.41) is 14.2. The minimum absolute atomic E-state index is 0.498. The number of aromatic nitrogens is 2. The Labute approximate surface area is 175 Å². The highest BCUT2D eigenvalue weighted by atomic mass is 16.5. The van der Waals surface area contributed by atoms with Gasteiger partial charge in [-0.1, -0.05) is 24.3 Å². The van der Waals surface area contributed by atoms with Gasteiger partial charge >= 0.3 is 0 Å². The molecule has 4 rings (SSSR count). The van der Waals surface area contributed by atoms with E-state index in [0.717, 1.165) is 44.7 Å². The molecule has 148 valence electrons. The molecule has 0 spiro atoms. The van der Waals surface area contributed by atoms with Gasteiger partial charge in [0.15, 0.2) is 0 Å². The second kappa shape index (κ2) is 8.54. The molecule has 0 aliphatic heterocycles. The number of H-pyrrole nitrogens is 1. The van der Waals surface area contributed by atoms with Crippen LogP contribution in [0.2, 0.25) is 0 Å². The fourth-order valence-corrected chi connectivity index (χ4v) is 3.41. The van der Waals surface area contributed by atoms with Crippen molar-refractivity contribution < 1.29 is 4.74 Å². The van der Waals surface area contributed by atoms with Gasteiger partial charge in [0.1, 0.15) is 11.8 Å². The van der Waals surface area contributed by atoms with E-state index in [-0.39, 0.29) is 0 Å². The molecule has 5 heteroatoms. The number of benzene rings is 2. The van der Waals surface area contributed by atoms with Crippen LogP contribution in [0.4, 0.5) is 11.4 Å². The number of nitrogens with one attached hydrogen (secondary N) is 2. The van der Waals surface area contributed by atoms with Gasteiger partial charge in [-0.15, -0.1) is 0 Å². The average Bonchev–Trinajstić information content (AvgIpc) is 3.25. The summed E-state index contributed by atoms with van der Waals surface area (Å²) in [6.45, 7) is 4.68. The van der Waals surface area contributed by atoms with Crippen molar-refractivity contribution in [1.29, 1.82) is 5.26 Å². The minimum atomic E-state index is 0.498. The van der Waals surface area contributed by atoms with Crippen molar-refractivity contribution in [3.05, 3.63) is 83.3 Å². The second-order valence-corrected chi connectivity index (χ2v) is 6.90. The summed E-state index contributed by atoms with van der Waals surface area (Å²) < 4.78 is 5.49. The molecule has 0 fully saturated rings. The highest BCUT2D eigenvalue weighted by Gasteiger charge is 2.11. The normalized spacial score (nSPS) is 11.0. The fraction of sp³-hybridized carbons (Fsp3) is 0.120. The molecule has 2 heterocycles. The lowest BCUT2D eigenvalue weighted by Gasteiger charge is -2.14. The van der Waals surface area contributed by atoms with E-state index in [1.165, 1.54) is 0 Å². The zero-order valence-electron chi connectivity index (χ0n) is 16.9. The topological polar surface area (TPSA) is 73.7 Å². The maximum absolute atomic E-state index is 9.62. The summed E-state index contributed by atoms with van der Waals surface area (Å²) in [5.41, 5.74) is 6.29. The number of fused-ring (bicyclic) bond motifs is 1. The maximum atomic E-state index is 9.62. The number of ether oxygens (including phenoxy) is 1. The van der Waals surface area contributed by atoms with Gasteiger partial charge in [0.25, 0.3) is 0 Å². The molecule has 2 aromatic carbocycles. The lowest BCUT2D eigenvalue weighted by Crippen LogP contribution is -1.99. The van der Waals surface area contributed by atoms with Crippen LogP contribution in [0.25, 0.3) is 23.1 Å². The summed E-state index contributed by atoms with van der Waals surface area (Å²) in [5.74, 6) is 0.848. The van der Waals surface area contributed by atoms with Crippen molar-refractivity contribution in [3.8, 4) is 11.8 Å². The Morgan fingerprint density at radius 3 is 2.70 bits per heavy atom. The van der Waals surface area contributed by atoms with Crippen LogP contribution in [0.15, 0.2) is 61.1 Å². The number of aromatic amines is 1. The van der Waals surface area contributed by atoms with Crippen LogP contribution >= 0.6 is 0 Å². The Morgan fingerprint density at radius 1 is 1.10 bits per heavy atom. The van der Waals surface area contributed by atoms with Gasteiger partial charge in [-0.3, -0.25) is 4.98 Å². The van der Waals surface area contributed by atoms with E-state index >= 15 is 0 Å². The number of nitriles is 1. The van der Waals surface area contributed by atoms with Crippen molar-refractivity contribution >= 4 is 34.4 Å². The van der Waals surface area contributed by atoms with Crippen LogP contribution in [0, 0.1) is 18.3 Å². The zero-order chi connectivity index (χ0) is 20.9. The van der Waals surface area contributed by atoms with E-state index in [0.29, 0.717) is 12.2 Å². The number of anilines is 2. The zero-order valence-corrected chi connectivity index (χ0v) is 16.9. The fourth-order valence-electron chi connectivity index (χ4n) is 3.41. The molecule has 2 N–H and O–H groups in total. The predicted octanol–water partition coefficient (Wildman–Crippen LogP) is 6.06. The highest BCUT2D eigenvalue weighted by molar-refractivity contribution is 5.90. The molecule has 30 heavy (non-hydrogen) atoms. The number of nitrogens with zero attached hydrogens (tertiary/aromatic N) is 2. The molecule has 0 aliphatic carbocycles. The third-order valence-corrected chi connectivity index (χ3v) is 5.01. The first-order valence-electron chi connectivity index (χ1n) is 9.82. The van der Waals surface area contributed by atoms with Crippen LogP contribution in [-0.2, 0) is 0 Å². The summed E-state index contributed by atoms with van der Waals surface area (Å²) in [4.78, 5) is 7.46. The van der Waals surface area contributed by atoms with Gasteiger partial charge < -0.3 is 15.0 Å². The van der Waals surface area contributed by atoms with Crippen LogP contribution in [0.1, 0.15) is 29.2 Å². The lowest BCUT2D eigenvalue weighted by molar-refractivity contribution is 0.340. The van der Waals surface area contributed by atoms with Crippen LogP contribution in [0.5, 0.6) is 5.75 Å². The van der Waals surface area contributed by atoms with E-state index < -0.39 is 0 Å². The average molecular weight is 394 g/mol. The molecule has 5 nitrogen and oxygen atoms in total. The second-order valence-electron chi connectivity index (χ2n) is 6.90. The molecule has 0 saturated heterocycles. The minimum Gasteiger partial charge on any atom is -0.494 e. The van der Waals surface area contributed by atoms with Crippen LogP contribution in [0.3, 0.4) is 0 Å². The molecule has 0 atom stereocenters. The molecule has 2 aromatic heterocycles. The number of hydrogen-bond donors (Lipinski definition) is 2. The van der Waals surface area contributed by atoms with Crippen molar-refractivity contribution in [1.82, 2.24) is 9.97 Å². The highest BCUT2D eigenvalue weighted by Crippen LogP contribution is 2.31. The van der Waals surface area contributed by atoms with Crippen LogP contribution < -0.4 is 10.1 Å². The van der Waals surface area contributed by atoms with Gasteiger partial charge in [-0.25, -0.2) is 0 Å². The van der Waals surface area contributed by atoms with Crippen LogP contribution in [-0.4, -0.2) is 16.6 Å². The van der Waals surface area contributed by atoms with Gasteiger partial charge in [0.05, 0.1) is 17.9 Å². The Hall–Kier alpha value is -4.04. The van der Waals surface area contributed by atoms with Crippen molar-refractivity contribution in [2.45, 2.75) is 13.8 Å². The molecule has 0 radical (unpaired) electrons. The van der Waals surface area contributed by atoms with E-state index in [4.69, 9.17) is 4.74 Å². The van der Waals surface area contributed by atoms with Gasteiger partial charge in [-0.05, 0) is 55.3 Å². The van der Waals surface area contributed by atoms with E-state index in [9.17, 15) is 5.26 Å². The summed E-state index contributed by atoms with van der Waals surface area (Å²) in [7, 11) is 0. The Balaban J connectivity index is 1.67. The molecule has 0 amide bonds. The Morgan fingerprint density at radius 2 is 1.93 bits per heavy atom. The Kier molecular flexibility index (Phi) is 5.49. The molecule has 0 aliphatic rings.